The second-order valence-electron chi connectivity index (χ2n) is 15.6. The molecule has 3 aliphatic carbocycles. The van der Waals surface area contributed by atoms with E-state index in [9.17, 15) is 0 Å². The molecule has 1 saturated heterocycles. The molecule has 2 aromatic carbocycles. The SMILES string of the molecule is Cc1cc(C)c(N2CCN(c3c(C)cc(C)cc3C)[C]2=[Ru]([Cl])([Cl])=[CH][PH](C2CCCCC2)(C2CCCCC2)C2CCCCC2)c(C)c1. The molecule has 0 bridgehead atoms. The summed E-state index contributed by atoms with van der Waals surface area (Å²) in [6.45, 7) is 15.5. The van der Waals surface area contributed by atoms with Crippen molar-refractivity contribution in [1.82, 2.24) is 0 Å². The minimum absolute atomic E-state index is 0.861. The molecule has 4 aliphatic rings. The molecule has 2 aromatic rings. The Balaban J connectivity index is 1.66. The van der Waals surface area contributed by atoms with Crippen LogP contribution in [0.1, 0.15) is 130 Å². The van der Waals surface area contributed by atoms with E-state index in [0.717, 1.165) is 30.1 Å². The van der Waals surface area contributed by atoms with Crippen LogP contribution in [0.3, 0.4) is 0 Å². The molecule has 0 spiro atoms. The quantitative estimate of drug-likeness (QED) is 0.213. The van der Waals surface area contributed by atoms with E-state index in [1.165, 1.54) is 145 Å². The van der Waals surface area contributed by atoms with E-state index >= 15 is 0 Å². The predicted molar refractivity (Wildman–Crippen MR) is 208 cm³/mol. The van der Waals surface area contributed by atoms with Crippen molar-refractivity contribution in [3.63, 3.8) is 0 Å². The summed E-state index contributed by atoms with van der Waals surface area (Å²) in [5, 5.41) is 0. The van der Waals surface area contributed by atoms with Gasteiger partial charge in [-0.1, -0.05) is 0 Å². The number of benzene rings is 2. The molecule has 3 saturated carbocycles. The Bertz CT molecular complexity index is 1370. The van der Waals surface area contributed by atoms with E-state index in [1.54, 1.807) is 0 Å². The third-order valence-electron chi connectivity index (χ3n) is 12.2. The van der Waals surface area contributed by atoms with Crippen LogP contribution in [0.2, 0.25) is 0 Å². The monoisotopic (exact) mass is 772 g/mol. The molecule has 6 rings (SSSR count). The molecular formula is C40H61Cl2N2PRu. The topological polar surface area (TPSA) is 6.48 Å². The van der Waals surface area contributed by atoms with Crippen LogP contribution >= 0.6 is 26.6 Å². The number of hydrogen-bond acceptors (Lipinski definition) is 2. The Labute approximate surface area is 292 Å². The Morgan fingerprint density at radius 3 is 1.15 bits per heavy atom. The van der Waals surface area contributed by atoms with Crippen LogP contribution in [0.4, 0.5) is 11.4 Å². The number of rotatable bonds is 6. The third kappa shape index (κ3) is 6.90. The zero-order chi connectivity index (χ0) is 32.6. The van der Waals surface area contributed by atoms with Crippen LogP contribution in [0, 0.1) is 41.5 Å². The van der Waals surface area contributed by atoms with Gasteiger partial charge in [0.15, 0.2) is 0 Å². The summed E-state index contributed by atoms with van der Waals surface area (Å²) in [5.41, 5.74) is 13.3. The summed E-state index contributed by atoms with van der Waals surface area (Å²) in [4.78, 5) is 5.24. The maximum absolute atomic E-state index is 8.34. The van der Waals surface area contributed by atoms with Crippen LogP contribution in [0.15, 0.2) is 24.3 Å². The molecule has 258 valence electrons. The Morgan fingerprint density at radius 2 is 0.848 bits per heavy atom. The molecule has 0 N–H and O–H groups in total. The first-order chi connectivity index (χ1) is 22.0. The van der Waals surface area contributed by atoms with Crippen molar-refractivity contribution in [2.24, 2.45) is 0 Å². The van der Waals surface area contributed by atoms with Gasteiger partial charge in [-0.2, -0.15) is 0 Å². The van der Waals surface area contributed by atoms with Crippen molar-refractivity contribution in [1.29, 1.82) is 0 Å². The van der Waals surface area contributed by atoms with Crippen LogP contribution in [0.5, 0.6) is 0 Å². The van der Waals surface area contributed by atoms with Crippen molar-refractivity contribution in [3.8, 4) is 0 Å². The summed E-state index contributed by atoms with van der Waals surface area (Å²) in [6, 6.07) is 9.42. The van der Waals surface area contributed by atoms with Crippen LogP contribution < -0.4 is 9.80 Å². The van der Waals surface area contributed by atoms with Gasteiger partial charge >= 0.3 is 294 Å². The molecule has 0 radical (unpaired) electrons. The van der Waals surface area contributed by atoms with E-state index in [2.05, 4.69) is 80.0 Å². The number of anilines is 2. The Morgan fingerprint density at radius 1 is 0.543 bits per heavy atom. The first-order valence-corrected chi connectivity index (χ1v) is 27.2. The average Bonchev–Trinajstić information content (AvgIpc) is 3.45. The van der Waals surface area contributed by atoms with Gasteiger partial charge in [-0.05, 0) is 0 Å². The third-order valence-corrected chi connectivity index (χ3v) is 29.5. The van der Waals surface area contributed by atoms with Gasteiger partial charge in [-0.15, -0.1) is 0 Å². The summed E-state index contributed by atoms with van der Waals surface area (Å²) in [6.07, 6.45) is 21.3. The van der Waals surface area contributed by atoms with Crippen LogP contribution in [-0.4, -0.2) is 38.8 Å². The standard InChI is InChI=1S/C21H26N2.C19H35P.2ClH.Ru/c1-14-9-16(3)20(17(4)10-14)22-7-8-23(13-22)21-18(5)11-15(2)12-19(21)6;1-20(17-11-5-2-6-12-17,18-13-7-3-8-14-18)19-15-9-4-10-16-19;;;/h9-12H,7-8H2,1-6H3;1,17-20H,2-16H2;2*1H;/q;;;;+2/p-2. The number of halogens is 2. The zero-order valence-corrected chi connectivity index (χ0v) is 33.9. The fraction of sp³-hybridized carbons (Fsp3) is 0.650. The van der Waals surface area contributed by atoms with Gasteiger partial charge in [0.25, 0.3) is 0 Å². The Hall–Kier alpha value is -0.587. The molecule has 1 aliphatic heterocycles. The van der Waals surface area contributed by atoms with Crippen molar-refractivity contribution in [2.45, 2.75) is 155 Å². The molecule has 0 amide bonds. The first kappa shape index (κ1) is 35.2. The second kappa shape index (κ2) is 14.7. The summed E-state index contributed by atoms with van der Waals surface area (Å²) < 4.78 is 4.20. The molecule has 0 unspecified atom stereocenters. The minimum atomic E-state index is -3.58. The van der Waals surface area contributed by atoms with E-state index in [-0.39, 0.29) is 0 Å². The fourth-order valence-corrected chi connectivity index (χ4v) is 34.1. The van der Waals surface area contributed by atoms with Gasteiger partial charge in [0.2, 0.25) is 0 Å². The van der Waals surface area contributed by atoms with Crippen molar-refractivity contribution < 1.29 is 11.9 Å². The van der Waals surface area contributed by atoms with Gasteiger partial charge in [-0.25, -0.2) is 0 Å². The molecule has 2 nitrogen and oxygen atoms in total. The van der Waals surface area contributed by atoms with Crippen molar-refractivity contribution in [3.05, 3.63) is 57.6 Å². The average molecular weight is 773 g/mol. The maximum atomic E-state index is 8.34. The van der Waals surface area contributed by atoms with Gasteiger partial charge in [0.05, 0.1) is 0 Å². The normalized spacial score (nSPS) is 22.0. The van der Waals surface area contributed by atoms with E-state index in [4.69, 9.17) is 19.4 Å². The van der Waals surface area contributed by atoms with Crippen LogP contribution in [0.25, 0.3) is 0 Å². The van der Waals surface area contributed by atoms with Crippen LogP contribution in [-0.2, 0) is 11.9 Å². The van der Waals surface area contributed by atoms with Gasteiger partial charge < -0.3 is 0 Å². The molecule has 6 heteroatoms. The van der Waals surface area contributed by atoms with Crippen molar-refractivity contribution in [2.75, 3.05) is 22.9 Å². The van der Waals surface area contributed by atoms with E-state index in [0.29, 0.717) is 0 Å². The second-order valence-corrected chi connectivity index (χ2v) is 30.5. The zero-order valence-electron chi connectivity index (χ0n) is 29.6. The van der Waals surface area contributed by atoms with E-state index < -0.39 is 19.2 Å². The number of aryl methyl sites for hydroxylation is 6. The summed E-state index contributed by atoms with van der Waals surface area (Å²) in [7, 11) is 14.7. The van der Waals surface area contributed by atoms with Gasteiger partial charge in [-0.3, -0.25) is 0 Å². The molecule has 46 heavy (non-hydrogen) atoms. The molecule has 1 heterocycles. The van der Waals surface area contributed by atoms with Gasteiger partial charge in [0, 0.05) is 0 Å². The molecule has 0 atom stereocenters. The first-order valence-electron chi connectivity index (χ1n) is 18.6. The predicted octanol–water partition coefficient (Wildman–Crippen LogP) is 11.9. The fourth-order valence-electron chi connectivity index (χ4n) is 10.7. The number of nitrogens with zero attached hydrogens (tertiary/aromatic N) is 2. The summed E-state index contributed by atoms with van der Waals surface area (Å²) >= 11 is -3.58. The molecule has 4 fully saturated rings. The Kier molecular flexibility index (Phi) is 11.3. The van der Waals surface area contributed by atoms with Crippen molar-refractivity contribution >= 4 is 46.7 Å². The molecular weight excluding hydrogens is 711 g/mol. The van der Waals surface area contributed by atoms with E-state index in [1.807, 2.05) is 0 Å². The number of hydrogen-bond donors (Lipinski definition) is 0. The summed E-state index contributed by atoms with van der Waals surface area (Å²) in [5.74, 6) is 0. The molecule has 0 aromatic heterocycles. The van der Waals surface area contributed by atoms with Gasteiger partial charge in [0.1, 0.15) is 0 Å².